The van der Waals surface area contributed by atoms with E-state index in [-0.39, 0.29) is 28.4 Å². The molecule has 1 aliphatic rings. The molecule has 19 heavy (non-hydrogen) atoms. The molecular weight excluding hydrogens is 312 g/mol. The molecule has 1 saturated heterocycles. The fourth-order valence-electron chi connectivity index (χ4n) is 1.97. The highest BCUT2D eigenvalue weighted by atomic mass is 35.5. The zero-order valence-corrected chi connectivity index (χ0v) is 12.1. The molecule has 0 bridgehead atoms. The molecule has 0 unspecified atom stereocenters. The van der Waals surface area contributed by atoms with Crippen molar-refractivity contribution in [2.75, 3.05) is 11.5 Å². The summed E-state index contributed by atoms with van der Waals surface area (Å²) in [6.07, 6.45) is 0.112. The lowest BCUT2D eigenvalue weighted by Gasteiger charge is -2.10. The predicted molar refractivity (Wildman–Crippen MR) is 70.9 cm³/mol. The molecule has 0 amide bonds. The van der Waals surface area contributed by atoms with Crippen molar-refractivity contribution in [3.05, 3.63) is 29.8 Å². The van der Waals surface area contributed by atoms with E-state index in [1.165, 1.54) is 24.3 Å². The minimum absolute atomic E-state index is 0.0104. The summed E-state index contributed by atoms with van der Waals surface area (Å²) in [7, 11) is -6.95. The molecule has 0 N–H and O–H groups in total. The Bertz CT molecular complexity index is 704. The molecule has 0 saturated carbocycles. The molecule has 1 aromatic rings. The summed E-state index contributed by atoms with van der Waals surface area (Å²) >= 11 is 5.27. The van der Waals surface area contributed by atoms with Crippen molar-refractivity contribution in [3.63, 3.8) is 0 Å². The van der Waals surface area contributed by atoms with E-state index in [1.54, 1.807) is 0 Å². The van der Waals surface area contributed by atoms with E-state index in [2.05, 4.69) is 0 Å². The van der Waals surface area contributed by atoms with Gasteiger partial charge in [0.1, 0.15) is 0 Å². The minimum atomic E-state index is -3.69. The molecule has 0 aliphatic carbocycles. The summed E-state index contributed by atoms with van der Waals surface area (Å²) in [5.74, 6) is -0.444. The first kappa shape index (κ1) is 14.5. The predicted octanol–water partition coefficient (Wildman–Crippen LogP) is 1.03. The number of rotatable bonds is 3. The number of sulfone groups is 2. The Morgan fingerprint density at radius 2 is 1.79 bits per heavy atom. The fourth-order valence-corrected chi connectivity index (χ4v) is 6.46. The Balaban J connectivity index is 2.33. The van der Waals surface area contributed by atoms with Crippen molar-refractivity contribution in [1.29, 1.82) is 0 Å². The van der Waals surface area contributed by atoms with E-state index < -0.39 is 30.2 Å². The summed E-state index contributed by atoms with van der Waals surface area (Å²) < 4.78 is 47.1. The lowest BCUT2D eigenvalue weighted by atomic mass is 10.2. The maximum absolute atomic E-state index is 12.2. The number of carbonyl (C=O) groups is 1. The highest BCUT2D eigenvalue weighted by molar-refractivity contribution is 7.96. The standard InChI is InChI=1S/C11H11ClO5S2/c12-11(13)8-1-3-9(4-2-8)19(16,17)10-5-6-18(14,15)7-10/h1-4,10H,5-7H2/t10-/m1/s1. The zero-order chi connectivity index (χ0) is 14.3. The Kier molecular flexibility index (Phi) is 3.72. The quantitative estimate of drug-likeness (QED) is 0.776. The summed E-state index contributed by atoms with van der Waals surface area (Å²) in [6, 6.07) is 5.17. The van der Waals surface area contributed by atoms with Crippen LogP contribution in [0.15, 0.2) is 29.2 Å². The second-order valence-corrected chi connectivity index (χ2v) is 9.17. The summed E-state index contributed by atoms with van der Waals surface area (Å²) in [4.78, 5) is 10.9. The second kappa shape index (κ2) is 4.88. The monoisotopic (exact) mass is 322 g/mol. The van der Waals surface area contributed by atoms with E-state index in [1.807, 2.05) is 0 Å². The van der Waals surface area contributed by atoms with Gasteiger partial charge in [-0.1, -0.05) is 0 Å². The van der Waals surface area contributed by atoms with Gasteiger partial charge < -0.3 is 0 Å². The van der Waals surface area contributed by atoms with Gasteiger partial charge in [-0.25, -0.2) is 16.8 Å². The Hall–Kier alpha value is -0.920. The Morgan fingerprint density at radius 1 is 1.21 bits per heavy atom. The van der Waals surface area contributed by atoms with Gasteiger partial charge in [0.25, 0.3) is 5.24 Å². The van der Waals surface area contributed by atoms with Crippen molar-refractivity contribution in [3.8, 4) is 0 Å². The van der Waals surface area contributed by atoms with Gasteiger partial charge in [0.2, 0.25) is 0 Å². The third-order valence-corrected chi connectivity index (χ3v) is 7.45. The first-order chi connectivity index (χ1) is 8.72. The molecule has 1 aromatic carbocycles. The largest absolute Gasteiger partial charge is 0.276 e. The summed E-state index contributed by atoms with van der Waals surface area (Å²) in [6.45, 7) is 0. The van der Waals surface area contributed by atoms with Crippen LogP contribution in [0.3, 0.4) is 0 Å². The van der Waals surface area contributed by atoms with Crippen LogP contribution in [0.4, 0.5) is 0 Å². The minimum Gasteiger partial charge on any atom is -0.276 e. The SMILES string of the molecule is O=C(Cl)c1ccc(S(=O)(=O)[C@@H]2CCS(=O)(=O)C2)cc1. The van der Waals surface area contributed by atoms with Gasteiger partial charge in [0, 0.05) is 5.56 Å². The van der Waals surface area contributed by atoms with E-state index in [9.17, 15) is 21.6 Å². The first-order valence-electron chi connectivity index (χ1n) is 5.46. The van der Waals surface area contributed by atoms with Crippen LogP contribution < -0.4 is 0 Å². The van der Waals surface area contributed by atoms with Crippen LogP contribution in [0.25, 0.3) is 0 Å². The molecule has 8 heteroatoms. The molecule has 0 aromatic heterocycles. The van der Waals surface area contributed by atoms with Crippen molar-refractivity contribution < 1.29 is 21.6 Å². The Morgan fingerprint density at radius 3 is 2.21 bits per heavy atom. The average Bonchev–Trinajstić information content (AvgIpc) is 2.70. The number of hydrogen-bond acceptors (Lipinski definition) is 5. The number of hydrogen-bond donors (Lipinski definition) is 0. The number of halogens is 1. The highest BCUT2D eigenvalue weighted by Crippen LogP contribution is 2.25. The van der Waals surface area contributed by atoms with Gasteiger partial charge in [0.05, 0.1) is 21.7 Å². The maximum Gasteiger partial charge on any atom is 0.252 e. The lowest BCUT2D eigenvalue weighted by Crippen LogP contribution is -2.22. The van der Waals surface area contributed by atoms with Crippen molar-refractivity contribution >= 4 is 36.5 Å². The molecule has 104 valence electrons. The van der Waals surface area contributed by atoms with Crippen molar-refractivity contribution in [2.24, 2.45) is 0 Å². The maximum atomic E-state index is 12.2. The normalized spacial score (nSPS) is 22.3. The fraction of sp³-hybridized carbons (Fsp3) is 0.364. The van der Waals surface area contributed by atoms with E-state index in [0.29, 0.717) is 0 Å². The van der Waals surface area contributed by atoms with Gasteiger partial charge in [0.15, 0.2) is 19.7 Å². The molecule has 1 fully saturated rings. The number of carbonyl (C=O) groups excluding carboxylic acids is 1. The number of benzene rings is 1. The zero-order valence-electron chi connectivity index (χ0n) is 9.74. The third-order valence-electron chi connectivity index (χ3n) is 3.04. The molecule has 0 radical (unpaired) electrons. The van der Waals surface area contributed by atoms with Gasteiger partial charge >= 0.3 is 0 Å². The molecule has 0 spiro atoms. The molecule has 2 rings (SSSR count). The molecule has 1 aliphatic heterocycles. The van der Waals surface area contributed by atoms with Crippen LogP contribution in [-0.2, 0) is 19.7 Å². The average molecular weight is 323 g/mol. The van der Waals surface area contributed by atoms with Crippen molar-refractivity contribution in [2.45, 2.75) is 16.6 Å². The second-order valence-electron chi connectivity index (χ2n) is 4.37. The molecular formula is C11H11ClO5S2. The highest BCUT2D eigenvalue weighted by Gasteiger charge is 2.37. The third kappa shape index (κ3) is 2.98. The van der Waals surface area contributed by atoms with Crippen LogP contribution in [-0.4, -0.2) is 38.8 Å². The topological polar surface area (TPSA) is 85.3 Å². The van der Waals surface area contributed by atoms with Crippen LogP contribution in [0, 0.1) is 0 Å². The van der Waals surface area contributed by atoms with E-state index >= 15 is 0 Å². The van der Waals surface area contributed by atoms with Crippen LogP contribution in [0.2, 0.25) is 0 Å². The summed E-state index contributed by atoms with van der Waals surface area (Å²) in [5.41, 5.74) is 0.194. The summed E-state index contributed by atoms with van der Waals surface area (Å²) in [5, 5.41) is -1.58. The Labute approximate surface area is 116 Å². The lowest BCUT2D eigenvalue weighted by molar-refractivity contribution is 0.108. The van der Waals surface area contributed by atoms with Gasteiger partial charge in [-0.2, -0.15) is 0 Å². The molecule has 1 heterocycles. The van der Waals surface area contributed by atoms with Crippen LogP contribution in [0.5, 0.6) is 0 Å². The van der Waals surface area contributed by atoms with Crippen LogP contribution in [0.1, 0.15) is 16.8 Å². The van der Waals surface area contributed by atoms with E-state index in [4.69, 9.17) is 11.6 Å². The molecule has 1 atom stereocenters. The molecule has 5 nitrogen and oxygen atoms in total. The van der Waals surface area contributed by atoms with Gasteiger partial charge in [-0.05, 0) is 42.3 Å². The van der Waals surface area contributed by atoms with Crippen molar-refractivity contribution in [1.82, 2.24) is 0 Å². The van der Waals surface area contributed by atoms with E-state index in [0.717, 1.165) is 0 Å². The van der Waals surface area contributed by atoms with Gasteiger partial charge in [-0.3, -0.25) is 4.79 Å². The smallest absolute Gasteiger partial charge is 0.252 e. The van der Waals surface area contributed by atoms with Crippen LogP contribution >= 0.6 is 11.6 Å². The first-order valence-corrected chi connectivity index (χ1v) is 9.21. The van der Waals surface area contributed by atoms with Gasteiger partial charge in [-0.15, -0.1) is 0 Å².